The molecule has 24 heteroatoms. The average Bonchev–Trinajstić information content (AvgIpc) is 3.49. The van der Waals surface area contributed by atoms with Crippen LogP contribution in [-0.2, 0) is 26.0 Å². The summed E-state index contributed by atoms with van der Waals surface area (Å²) < 4.78 is 93.4. The molecule has 1 unspecified atom stereocenters. The molecule has 65 heavy (non-hydrogen) atoms. The largest absolute Gasteiger partial charge is 0.494 e. The van der Waals surface area contributed by atoms with Crippen LogP contribution in [0.2, 0.25) is 15.1 Å². The van der Waals surface area contributed by atoms with Gasteiger partial charge in [-0.2, -0.15) is 28.1 Å². The molecule has 0 radical (unpaired) electrons. The Bertz CT molecular complexity index is 2650. The molecule has 16 nitrogen and oxygen atoms in total. The van der Waals surface area contributed by atoms with Gasteiger partial charge in [0.1, 0.15) is 23.0 Å². The molecule has 6 rings (SSSR count). The maximum absolute atomic E-state index is 14.4. The smallest absolute Gasteiger partial charge is 0.389 e. The van der Waals surface area contributed by atoms with Gasteiger partial charge < -0.3 is 19.3 Å². The molecule has 4 amide bonds. The van der Waals surface area contributed by atoms with Gasteiger partial charge in [0.25, 0.3) is 21.8 Å². The average molecular weight is 988 g/mol. The molecule has 2 aliphatic rings. The van der Waals surface area contributed by atoms with E-state index in [0.29, 0.717) is 24.0 Å². The van der Waals surface area contributed by atoms with Crippen molar-refractivity contribution >= 4 is 80.3 Å². The second kappa shape index (κ2) is 22.1. The van der Waals surface area contributed by atoms with Crippen LogP contribution in [0, 0.1) is 25.1 Å². The highest BCUT2D eigenvalue weighted by Crippen LogP contribution is 2.40. The van der Waals surface area contributed by atoms with E-state index < -0.39 is 69.7 Å². The van der Waals surface area contributed by atoms with Gasteiger partial charge in [0.15, 0.2) is 11.9 Å². The minimum Gasteiger partial charge on any atom is -0.494 e. The topological polar surface area (TPSA) is 216 Å². The third-order valence-electron chi connectivity index (χ3n) is 8.95. The van der Waals surface area contributed by atoms with Crippen LogP contribution in [0.1, 0.15) is 60.8 Å². The summed E-state index contributed by atoms with van der Waals surface area (Å²) in [6, 6.07) is 8.98. The van der Waals surface area contributed by atoms with Gasteiger partial charge in [0.2, 0.25) is 5.95 Å². The van der Waals surface area contributed by atoms with Crippen molar-refractivity contribution < 1.29 is 64.5 Å². The number of aromatic nitrogens is 3. The first-order chi connectivity index (χ1) is 30.5. The second-order valence-electron chi connectivity index (χ2n) is 13.5. The number of alkyl halides is 3. The number of anilines is 2. The number of aromatic carboxylic acids is 1. The lowest BCUT2D eigenvalue weighted by Crippen LogP contribution is -2.35. The summed E-state index contributed by atoms with van der Waals surface area (Å²) in [5.74, 6) is -0.321. The van der Waals surface area contributed by atoms with Gasteiger partial charge >= 0.3 is 24.2 Å². The summed E-state index contributed by atoms with van der Waals surface area (Å²) >= 11 is 17.3. The third-order valence-corrected chi connectivity index (χ3v) is 11.3. The molecule has 1 atom stereocenters. The number of amides is 4. The standard InChI is InChI=1S/C18H15ClFNO3.C15H16F3N5O4S.C8H6Cl2O3/c1-3-10(2)24-16-9-15(14(20)8-13(16)19)21-17(22)11-6-4-5-7-12(11)18(21)23;1-9-19-12(22-14(20-9)27-2)21-13(24)23-28(25,26)11-6-4-3-5-10(11)7-8-15(16,17)18;1-13-7-5(10)3-2-4(9)6(7)8(11)12/h1,8-10H,4-7H2,2H3;3-6H,7-8H2,1-2H3,(H2,19,20,21,22,23,24);2-3H,1H3,(H,11,12). The van der Waals surface area contributed by atoms with Crippen LogP contribution in [0.15, 0.2) is 64.6 Å². The molecule has 0 saturated carbocycles. The van der Waals surface area contributed by atoms with Crippen molar-refractivity contribution in [3.63, 3.8) is 0 Å². The lowest BCUT2D eigenvalue weighted by Gasteiger charge is -2.19. The zero-order valence-electron chi connectivity index (χ0n) is 34.5. The Morgan fingerprint density at radius 3 is 2.12 bits per heavy atom. The lowest BCUT2D eigenvalue weighted by molar-refractivity contribution is -0.134. The van der Waals surface area contributed by atoms with Crippen LogP contribution in [-0.4, -0.2) is 78.8 Å². The van der Waals surface area contributed by atoms with Crippen molar-refractivity contribution in [1.82, 2.24) is 19.7 Å². The zero-order chi connectivity index (χ0) is 48.4. The number of carboxylic acids is 1. The Labute approximate surface area is 384 Å². The molecule has 0 bridgehead atoms. The number of nitrogens with one attached hydrogen (secondary N) is 2. The summed E-state index contributed by atoms with van der Waals surface area (Å²) in [6.45, 7) is 3.13. The number of carbonyl (C=O) groups is 4. The number of hydrogen-bond donors (Lipinski definition) is 3. The molecule has 1 aliphatic carbocycles. The zero-order valence-corrected chi connectivity index (χ0v) is 37.6. The highest BCUT2D eigenvalue weighted by molar-refractivity contribution is 7.90. The maximum atomic E-state index is 14.4. The van der Waals surface area contributed by atoms with Gasteiger partial charge in [-0.25, -0.2) is 32.0 Å². The summed E-state index contributed by atoms with van der Waals surface area (Å²) in [5, 5.41) is 11.2. The normalized spacial score (nSPS) is 13.8. The van der Waals surface area contributed by atoms with Crippen molar-refractivity contribution in [1.29, 1.82) is 0 Å². The minimum atomic E-state index is -4.45. The fourth-order valence-electron chi connectivity index (χ4n) is 6.05. The monoisotopic (exact) mass is 986 g/mol. The number of benzene rings is 3. The highest BCUT2D eigenvalue weighted by atomic mass is 35.5. The number of sulfonamides is 1. The Morgan fingerprint density at radius 1 is 0.954 bits per heavy atom. The van der Waals surface area contributed by atoms with Crippen LogP contribution in [0.5, 0.6) is 17.5 Å². The molecule has 1 aliphatic heterocycles. The number of aryl methyl sites for hydroxylation is 2. The van der Waals surface area contributed by atoms with E-state index in [4.69, 9.17) is 60.5 Å². The Kier molecular flexibility index (Phi) is 17.5. The van der Waals surface area contributed by atoms with Crippen molar-refractivity contribution in [2.75, 3.05) is 24.4 Å². The Hall–Kier alpha value is -6.21. The highest BCUT2D eigenvalue weighted by Gasteiger charge is 2.41. The predicted molar refractivity (Wildman–Crippen MR) is 230 cm³/mol. The van der Waals surface area contributed by atoms with E-state index in [-0.39, 0.29) is 61.2 Å². The fraction of sp³-hybridized carbons (Fsp3) is 0.293. The number of urea groups is 1. The van der Waals surface area contributed by atoms with Crippen LogP contribution in [0.25, 0.3) is 0 Å². The fourth-order valence-corrected chi connectivity index (χ4v) is 7.89. The minimum absolute atomic E-state index is 0.0233. The van der Waals surface area contributed by atoms with Crippen molar-refractivity contribution in [3.8, 4) is 29.9 Å². The SMILES string of the molecule is C#CC(C)Oc1cc(N2C(=O)C3=C(CCCC3)C2=O)c(F)cc1Cl.COc1c(Cl)ccc(Cl)c1C(=O)O.COc1nc(C)nc(NC(=O)NS(=O)(=O)c2ccccc2CCC(F)(F)F)n1. The number of carboxylic acid groups (broad SMARTS) is 1. The molecule has 0 spiro atoms. The van der Waals surface area contributed by atoms with Gasteiger partial charge in [0, 0.05) is 23.6 Å². The number of terminal acetylenes is 1. The van der Waals surface area contributed by atoms with Gasteiger partial charge in [-0.1, -0.05) is 58.9 Å². The Morgan fingerprint density at radius 2 is 1.57 bits per heavy atom. The van der Waals surface area contributed by atoms with Crippen LogP contribution in [0.3, 0.4) is 0 Å². The molecular formula is C41H37Cl3F4N6O10S. The molecule has 3 N–H and O–H groups in total. The number of rotatable bonds is 11. The first-order valence-corrected chi connectivity index (χ1v) is 21.4. The van der Waals surface area contributed by atoms with E-state index in [0.717, 1.165) is 29.9 Å². The summed E-state index contributed by atoms with van der Waals surface area (Å²) in [5.41, 5.74) is 0.623. The number of carbonyl (C=O) groups excluding carboxylic acids is 3. The quantitative estimate of drug-likeness (QED) is 0.0731. The van der Waals surface area contributed by atoms with Crippen molar-refractivity contribution in [2.24, 2.45) is 0 Å². The van der Waals surface area contributed by atoms with Crippen LogP contribution >= 0.6 is 34.8 Å². The maximum Gasteiger partial charge on any atom is 0.389 e. The molecule has 346 valence electrons. The number of imide groups is 1. The molecule has 3 aromatic carbocycles. The molecule has 2 heterocycles. The molecule has 0 saturated heterocycles. The lowest BCUT2D eigenvalue weighted by atomic mass is 9.93. The number of halogens is 7. The van der Waals surface area contributed by atoms with E-state index in [1.807, 2.05) is 0 Å². The van der Waals surface area contributed by atoms with Gasteiger partial charge in [-0.3, -0.25) is 14.9 Å². The predicted octanol–water partition coefficient (Wildman–Crippen LogP) is 8.52. The summed E-state index contributed by atoms with van der Waals surface area (Å²) in [7, 11) is -1.81. The second-order valence-corrected chi connectivity index (χ2v) is 16.4. The Balaban J connectivity index is 0.000000227. The van der Waals surface area contributed by atoms with Gasteiger partial charge in [0.05, 0.1) is 39.9 Å². The van der Waals surface area contributed by atoms with E-state index in [9.17, 15) is 45.2 Å². The van der Waals surface area contributed by atoms with Gasteiger partial charge in [-0.15, -0.1) is 6.42 Å². The molecular weight excluding hydrogens is 951 g/mol. The van der Waals surface area contributed by atoms with E-state index in [1.54, 1.807) is 11.6 Å². The molecule has 0 fully saturated rings. The van der Waals surface area contributed by atoms with Crippen LogP contribution in [0.4, 0.5) is 34.0 Å². The third kappa shape index (κ3) is 13.4. The summed E-state index contributed by atoms with van der Waals surface area (Å²) in [4.78, 5) is 59.6. The summed E-state index contributed by atoms with van der Waals surface area (Å²) in [6.07, 6.45) is 1.27. The van der Waals surface area contributed by atoms with Gasteiger partial charge in [-0.05, 0) is 75.8 Å². The van der Waals surface area contributed by atoms with E-state index in [1.165, 1.54) is 57.5 Å². The van der Waals surface area contributed by atoms with Crippen molar-refractivity contribution in [3.05, 3.63) is 97.5 Å². The van der Waals surface area contributed by atoms with Crippen LogP contribution < -0.4 is 29.1 Å². The van der Waals surface area contributed by atoms with E-state index in [2.05, 4.69) is 26.2 Å². The number of ether oxygens (including phenoxy) is 3. The molecule has 1 aromatic heterocycles. The number of methoxy groups -OCH3 is 2. The van der Waals surface area contributed by atoms with Crippen molar-refractivity contribution in [2.45, 2.75) is 69.5 Å². The first kappa shape index (κ1) is 51.4. The number of hydrogen-bond acceptors (Lipinski definition) is 12. The van der Waals surface area contributed by atoms with E-state index >= 15 is 0 Å². The first-order valence-electron chi connectivity index (χ1n) is 18.7. The molecule has 4 aromatic rings. The number of nitrogens with zero attached hydrogens (tertiary/aromatic N) is 4.